The van der Waals surface area contributed by atoms with Crippen LogP contribution in [0.15, 0.2) is 18.3 Å². The minimum atomic E-state index is 0.847. The molecule has 0 bridgehead atoms. The average Bonchev–Trinajstić information content (AvgIpc) is 2.95. The second-order valence-electron chi connectivity index (χ2n) is 4.09. The molecule has 3 heteroatoms. The molecule has 14 heavy (non-hydrogen) atoms. The topological polar surface area (TPSA) is 30.7 Å². The molecule has 1 fully saturated rings. The monoisotopic (exact) mass is 187 g/mol. The van der Waals surface area contributed by atoms with Crippen molar-refractivity contribution in [3.05, 3.63) is 24.0 Å². The maximum atomic E-state index is 4.52. The van der Waals surface area contributed by atoms with Gasteiger partial charge in [0.2, 0.25) is 0 Å². The molecule has 2 aromatic rings. The number of aromatic nitrogens is 3. The van der Waals surface area contributed by atoms with Gasteiger partial charge in [0.1, 0.15) is 0 Å². The van der Waals surface area contributed by atoms with E-state index in [9.17, 15) is 0 Å². The van der Waals surface area contributed by atoms with Gasteiger partial charge in [-0.2, -0.15) is 5.10 Å². The molecule has 0 atom stereocenters. The van der Waals surface area contributed by atoms with Crippen molar-refractivity contribution in [3.63, 3.8) is 0 Å². The standard InChI is InChI=1S/C11H13N3/c1-8-10-3-2-6-12-11(10)14(13-8)7-9-4-5-9/h2-3,6,9H,4-5,7H2,1H3. The van der Waals surface area contributed by atoms with Crippen molar-refractivity contribution in [2.45, 2.75) is 26.3 Å². The third-order valence-electron chi connectivity index (χ3n) is 2.82. The SMILES string of the molecule is Cc1nn(CC2CC2)c2ncccc12. The number of fused-ring (bicyclic) bond motifs is 1. The number of rotatable bonds is 2. The summed E-state index contributed by atoms with van der Waals surface area (Å²) in [5.41, 5.74) is 2.13. The fourth-order valence-corrected chi connectivity index (χ4v) is 1.84. The zero-order valence-electron chi connectivity index (χ0n) is 8.27. The quantitative estimate of drug-likeness (QED) is 0.721. The Labute approximate surface area is 82.8 Å². The van der Waals surface area contributed by atoms with Crippen LogP contribution in [0.5, 0.6) is 0 Å². The first-order valence-electron chi connectivity index (χ1n) is 5.13. The number of hydrogen-bond donors (Lipinski definition) is 0. The largest absolute Gasteiger partial charge is 0.247 e. The fraction of sp³-hybridized carbons (Fsp3) is 0.455. The van der Waals surface area contributed by atoms with Gasteiger partial charge in [-0.05, 0) is 37.8 Å². The first kappa shape index (κ1) is 7.97. The van der Waals surface area contributed by atoms with Crippen LogP contribution in [0.1, 0.15) is 18.5 Å². The molecular weight excluding hydrogens is 174 g/mol. The van der Waals surface area contributed by atoms with Crippen LogP contribution in [0, 0.1) is 12.8 Å². The molecule has 72 valence electrons. The zero-order chi connectivity index (χ0) is 9.54. The van der Waals surface area contributed by atoms with E-state index >= 15 is 0 Å². The van der Waals surface area contributed by atoms with Gasteiger partial charge in [-0.15, -0.1) is 0 Å². The van der Waals surface area contributed by atoms with E-state index in [1.165, 1.54) is 18.2 Å². The molecule has 0 radical (unpaired) electrons. The molecular formula is C11H13N3. The van der Waals surface area contributed by atoms with Gasteiger partial charge >= 0.3 is 0 Å². The summed E-state index contributed by atoms with van der Waals surface area (Å²) in [5.74, 6) is 0.847. The van der Waals surface area contributed by atoms with Crippen molar-refractivity contribution in [2.75, 3.05) is 0 Å². The van der Waals surface area contributed by atoms with Crippen LogP contribution in [0.25, 0.3) is 11.0 Å². The molecule has 0 aliphatic heterocycles. The molecule has 0 saturated heterocycles. The number of pyridine rings is 1. The van der Waals surface area contributed by atoms with E-state index < -0.39 is 0 Å². The normalized spacial score (nSPS) is 16.4. The van der Waals surface area contributed by atoms with Crippen LogP contribution in [-0.2, 0) is 6.54 Å². The highest BCUT2D eigenvalue weighted by Crippen LogP contribution is 2.31. The lowest BCUT2D eigenvalue weighted by Crippen LogP contribution is -2.02. The maximum absolute atomic E-state index is 4.52. The Hall–Kier alpha value is -1.38. The summed E-state index contributed by atoms with van der Waals surface area (Å²) < 4.78 is 2.06. The van der Waals surface area contributed by atoms with Crippen molar-refractivity contribution in [3.8, 4) is 0 Å². The van der Waals surface area contributed by atoms with E-state index in [1.807, 2.05) is 19.2 Å². The number of hydrogen-bond acceptors (Lipinski definition) is 2. The minimum absolute atomic E-state index is 0.847. The first-order valence-corrected chi connectivity index (χ1v) is 5.13. The van der Waals surface area contributed by atoms with Gasteiger partial charge in [-0.1, -0.05) is 0 Å². The maximum Gasteiger partial charge on any atom is 0.157 e. The molecule has 2 heterocycles. The summed E-state index contributed by atoms with van der Waals surface area (Å²) in [6.07, 6.45) is 4.55. The van der Waals surface area contributed by atoms with E-state index in [1.54, 1.807) is 0 Å². The third-order valence-corrected chi connectivity index (χ3v) is 2.82. The molecule has 0 unspecified atom stereocenters. The van der Waals surface area contributed by atoms with Gasteiger partial charge in [0.05, 0.1) is 5.69 Å². The van der Waals surface area contributed by atoms with Crippen molar-refractivity contribution < 1.29 is 0 Å². The molecule has 1 aliphatic carbocycles. The second kappa shape index (κ2) is 2.80. The molecule has 2 aromatic heterocycles. The Morgan fingerprint density at radius 1 is 1.50 bits per heavy atom. The molecule has 0 aromatic carbocycles. The summed E-state index contributed by atoms with van der Waals surface area (Å²) in [7, 11) is 0. The highest BCUT2D eigenvalue weighted by molar-refractivity contribution is 5.77. The van der Waals surface area contributed by atoms with Crippen LogP contribution in [-0.4, -0.2) is 14.8 Å². The second-order valence-corrected chi connectivity index (χ2v) is 4.09. The fourth-order valence-electron chi connectivity index (χ4n) is 1.84. The van der Waals surface area contributed by atoms with E-state index in [-0.39, 0.29) is 0 Å². The van der Waals surface area contributed by atoms with Crippen molar-refractivity contribution >= 4 is 11.0 Å². The van der Waals surface area contributed by atoms with E-state index in [2.05, 4.69) is 20.8 Å². The molecule has 0 spiro atoms. The Balaban J connectivity index is 2.12. The molecule has 1 aliphatic rings. The summed E-state index contributed by atoms with van der Waals surface area (Å²) >= 11 is 0. The molecule has 1 saturated carbocycles. The van der Waals surface area contributed by atoms with Gasteiger partial charge in [-0.3, -0.25) is 0 Å². The van der Waals surface area contributed by atoms with Crippen molar-refractivity contribution in [2.24, 2.45) is 5.92 Å². The predicted octanol–water partition coefficient (Wildman–Crippen LogP) is 2.15. The van der Waals surface area contributed by atoms with E-state index in [0.717, 1.165) is 23.8 Å². The minimum Gasteiger partial charge on any atom is -0.247 e. The van der Waals surface area contributed by atoms with Gasteiger partial charge in [0.15, 0.2) is 5.65 Å². The lowest BCUT2D eigenvalue weighted by Gasteiger charge is -1.99. The smallest absolute Gasteiger partial charge is 0.157 e. The Morgan fingerprint density at radius 3 is 3.14 bits per heavy atom. The van der Waals surface area contributed by atoms with Crippen molar-refractivity contribution in [1.29, 1.82) is 0 Å². The molecule has 3 rings (SSSR count). The van der Waals surface area contributed by atoms with Gasteiger partial charge in [-0.25, -0.2) is 9.67 Å². The predicted molar refractivity (Wildman–Crippen MR) is 55.0 cm³/mol. The molecule has 0 N–H and O–H groups in total. The average molecular weight is 187 g/mol. The lowest BCUT2D eigenvalue weighted by atomic mass is 10.3. The molecule has 0 amide bonds. The third kappa shape index (κ3) is 1.20. The van der Waals surface area contributed by atoms with Crippen LogP contribution < -0.4 is 0 Å². The van der Waals surface area contributed by atoms with E-state index in [4.69, 9.17) is 0 Å². The molecule has 3 nitrogen and oxygen atoms in total. The highest BCUT2D eigenvalue weighted by Gasteiger charge is 2.23. The van der Waals surface area contributed by atoms with Gasteiger partial charge < -0.3 is 0 Å². The number of nitrogens with zero attached hydrogens (tertiary/aromatic N) is 3. The first-order chi connectivity index (χ1) is 6.84. The summed E-state index contributed by atoms with van der Waals surface area (Å²) in [6.45, 7) is 3.09. The van der Waals surface area contributed by atoms with Gasteiger partial charge in [0.25, 0.3) is 0 Å². The Kier molecular flexibility index (Phi) is 1.60. The van der Waals surface area contributed by atoms with E-state index in [0.29, 0.717) is 0 Å². The van der Waals surface area contributed by atoms with Gasteiger partial charge in [0, 0.05) is 18.1 Å². The number of aryl methyl sites for hydroxylation is 1. The summed E-state index contributed by atoms with van der Waals surface area (Å²) in [6, 6.07) is 4.06. The Bertz CT molecular complexity index is 468. The van der Waals surface area contributed by atoms with Crippen molar-refractivity contribution in [1.82, 2.24) is 14.8 Å². The van der Waals surface area contributed by atoms with Crippen LogP contribution in [0.2, 0.25) is 0 Å². The van der Waals surface area contributed by atoms with Crippen LogP contribution >= 0.6 is 0 Å². The van der Waals surface area contributed by atoms with Crippen LogP contribution in [0.4, 0.5) is 0 Å². The van der Waals surface area contributed by atoms with Crippen LogP contribution in [0.3, 0.4) is 0 Å². The summed E-state index contributed by atoms with van der Waals surface area (Å²) in [4.78, 5) is 4.38. The summed E-state index contributed by atoms with van der Waals surface area (Å²) in [5, 5.41) is 5.71. The highest BCUT2D eigenvalue weighted by atomic mass is 15.3. The lowest BCUT2D eigenvalue weighted by molar-refractivity contribution is 0.572. The Morgan fingerprint density at radius 2 is 2.36 bits per heavy atom. The zero-order valence-corrected chi connectivity index (χ0v) is 8.27.